The van der Waals surface area contributed by atoms with Gasteiger partial charge in [-0.2, -0.15) is 0 Å². The third kappa shape index (κ3) is 7.14. The van der Waals surface area contributed by atoms with E-state index in [1.54, 1.807) is 0 Å². The summed E-state index contributed by atoms with van der Waals surface area (Å²) >= 11 is 0. The second-order valence-corrected chi connectivity index (χ2v) is 17.9. The zero-order valence-electron chi connectivity index (χ0n) is 28.3. The summed E-state index contributed by atoms with van der Waals surface area (Å²) < 4.78 is 32.5. The van der Waals surface area contributed by atoms with Gasteiger partial charge >= 0.3 is 19.5 Å². The van der Waals surface area contributed by atoms with Gasteiger partial charge in [-0.15, -0.1) is 0 Å². The molecular formula is C35H61O7P+2. The van der Waals surface area contributed by atoms with Crippen molar-refractivity contribution in [3.05, 3.63) is 11.6 Å². The summed E-state index contributed by atoms with van der Waals surface area (Å²) in [5.74, 6) is 3.18. The number of hydrogen-bond donors (Lipinski definition) is 0. The van der Waals surface area contributed by atoms with E-state index in [0.717, 1.165) is 49.4 Å². The maximum absolute atomic E-state index is 12.8. The van der Waals surface area contributed by atoms with Crippen LogP contribution in [0.2, 0.25) is 0 Å². The van der Waals surface area contributed by atoms with Crippen LogP contribution in [0.5, 0.6) is 0 Å². The average molecular weight is 625 g/mol. The van der Waals surface area contributed by atoms with Crippen molar-refractivity contribution >= 4 is 19.5 Å². The molecule has 2 N–H and O–H groups in total. The number of rotatable bonds is 13. The minimum Gasteiger partial charge on any atom is -0.462 e. The fourth-order valence-corrected chi connectivity index (χ4v) is 11.5. The largest absolute Gasteiger partial charge is 0.510 e. The van der Waals surface area contributed by atoms with Gasteiger partial charge in [-0.3, -0.25) is 9.32 Å². The number of aliphatic hydroxyl groups is 1. The maximum Gasteiger partial charge on any atom is 0.510 e. The summed E-state index contributed by atoms with van der Waals surface area (Å²) in [4.78, 5) is 22.3. The molecule has 0 aromatic rings. The second kappa shape index (κ2) is 13.7. The number of fused-ring (bicyclic) bond motifs is 5. The van der Waals surface area contributed by atoms with Crippen molar-refractivity contribution < 1.29 is 32.7 Å². The number of allylic oxidation sites excluding steroid dienone is 1. The molecule has 0 heterocycles. The number of esters is 2. The third-order valence-electron chi connectivity index (χ3n) is 12.7. The molecule has 3 saturated carbocycles. The first-order valence-corrected chi connectivity index (χ1v) is 18.8. The van der Waals surface area contributed by atoms with Crippen LogP contribution >= 0.6 is 7.60 Å². The Morgan fingerprint density at radius 2 is 1.81 bits per heavy atom. The van der Waals surface area contributed by atoms with Crippen LogP contribution in [-0.4, -0.2) is 54.3 Å². The summed E-state index contributed by atoms with van der Waals surface area (Å²) in [5.41, 5.74) is 2.44. The van der Waals surface area contributed by atoms with Gasteiger partial charge in [0.05, 0.1) is 6.42 Å². The smallest absolute Gasteiger partial charge is 0.462 e. The Labute approximate surface area is 261 Å². The zero-order valence-corrected chi connectivity index (χ0v) is 29.2. The first kappa shape index (κ1) is 34.7. The van der Waals surface area contributed by atoms with E-state index < -0.39 is 7.60 Å². The zero-order chi connectivity index (χ0) is 31.6. The monoisotopic (exact) mass is 624 g/mol. The maximum atomic E-state index is 12.8. The molecular weight excluding hydrogens is 563 g/mol. The lowest BCUT2D eigenvalue weighted by Gasteiger charge is -2.63. The van der Waals surface area contributed by atoms with E-state index in [9.17, 15) is 14.2 Å². The molecule has 1 unspecified atom stereocenters. The number of carbonyl (C=O) groups excluding carboxylic acids is 2. The van der Waals surface area contributed by atoms with Gasteiger partial charge in [0.15, 0.2) is 7.11 Å². The van der Waals surface area contributed by atoms with E-state index in [4.69, 9.17) is 9.26 Å². The van der Waals surface area contributed by atoms with Gasteiger partial charge in [0.2, 0.25) is 6.61 Å². The molecule has 0 radical (unpaired) electrons. The number of methoxy groups -OCH3 is 1. The highest BCUT2D eigenvalue weighted by Gasteiger charge is 2.64. The third-order valence-corrected chi connectivity index (χ3v) is 14.6. The fourth-order valence-electron chi connectivity index (χ4n) is 10.3. The highest BCUT2D eigenvalue weighted by Crippen LogP contribution is 2.72. The molecule has 0 amide bonds. The van der Waals surface area contributed by atoms with Crippen molar-refractivity contribution in [2.24, 2.45) is 45.8 Å². The molecule has 4 rings (SSSR count). The normalized spacial score (nSPS) is 37.4. The van der Waals surface area contributed by atoms with Crippen molar-refractivity contribution in [1.82, 2.24) is 0 Å². The number of carbonyl (C=O) groups is 1. The van der Waals surface area contributed by atoms with Gasteiger partial charge in [0.1, 0.15) is 19.4 Å². The van der Waals surface area contributed by atoms with Crippen molar-refractivity contribution in [2.45, 2.75) is 125 Å². The fraction of sp³-hybridized carbons (Fsp3) is 0.886. The Morgan fingerprint density at radius 3 is 2.49 bits per heavy atom. The first-order chi connectivity index (χ1) is 20.2. The lowest BCUT2D eigenvalue weighted by atomic mass is 9.41. The molecule has 4 aliphatic carbocycles. The summed E-state index contributed by atoms with van der Waals surface area (Å²) in [6.07, 6.45) is 15.7. The molecule has 43 heavy (non-hydrogen) atoms. The van der Waals surface area contributed by atoms with E-state index in [-0.39, 0.29) is 42.6 Å². The molecule has 0 aliphatic heterocycles. The van der Waals surface area contributed by atoms with Crippen LogP contribution in [0, 0.1) is 45.8 Å². The standard InChI is InChI=1S/C35H59O7P/c1-24(2)10-9-11-25(3)28-12-13-29-34(28,5)20-16-30-33(4)19-15-27(22-26(33)14-18-35(29,30)6)42-31(36)17-21-43(38,40-8)41-23-32(37)39-7/h14,24-25,27-30H,9-13,15-23H2,1-8H3/p+2/t25-,27+,28-,29-,30-,33+,34-,35+,43?/m1/s1. The minimum absolute atomic E-state index is 0.0345. The molecule has 3 fully saturated rings. The topological polar surface area (TPSA) is 96.0 Å². The van der Waals surface area contributed by atoms with Crippen molar-refractivity contribution in [3.8, 4) is 0 Å². The summed E-state index contributed by atoms with van der Waals surface area (Å²) in [5, 5.41) is 0. The summed E-state index contributed by atoms with van der Waals surface area (Å²) in [6.45, 7) is 14.7. The van der Waals surface area contributed by atoms with E-state index in [2.05, 4.69) is 56.9 Å². The Balaban J connectivity index is 1.37. The van der Waals surface area contributed by atoms with E-state index in [1.807, 2.05) is 0 Å². The predicted molar refractivity (Wildman–Crippen MR) is 173 cm³/mol. The van der Waals surface area contributed by atoms with Crippen LogP contribution in [0.1, 0.15) is 119 Å². The molecule has 0 spiro atoms. The van der Waals surface area contributed by atoms with Crippen LogP contribution in [0.3, 0.4) is 0 Å². The predicted octanol–water partition coefficient (Wildman–Crippen LogP) is 8.24. The van der Waals surface area contributed by atoms with Crippen LogP contribution in [-0.2, 0) is 23.4 Å². The summed E-state index contributed by atoms with van der Waals surface area (Å²) in [6, 6.07) is 0. The van der Waals surface area contributed by atoms with Crippen molar-refractivity contribution in [2.75, 3.05) is 27.0 Å². The molecule has 0 saturated heterocycles. The molecule has 0 aromatic heterocycles. The Hall–Kier alpha value is -1.17. The highest BCUT2D eigenvalue weighted by atomic mass is 31.2. The molecule has 0 aromatic carbocycles. The van der Waals surface area contributed by atoms with Gasteiger partial charge < -0.3 is 18.8 Å². The Bertz CT molecular complexity index is 1090. The van der Waals surface area contributed by atoms with E-state index in [1.165, 1.54) is 64.7 Å². The SMILES string of the molecule is COC(=[OH+])COP(=O)(CCC(=O)O[C@H]1CC[C@@]2(C)C(=CC[C@@]3(C)[C@@H]4CC[C@H]([C@H](C)CCCC(C)C)[C@@]4(C)CC[C@@H]32)C1)[OH+]C. The van der Waals surface area contributed by atoms with E-state index in [0.29, 0.717) is 16.7 Å². The van der Waals surface area contributed by atoms with Crippen LogP contribution in [0.15, 0.2) is 11.6 Å². The average Bonchev–Trinajstić information content (AvgIpc) is 3.33. The van der Waals surface area contributed by atoms with Gasteiger partial charge in [-0.05, 0) is 90.8 Å². The Kier molecular flexibility index (Phi) is 11.0. The van der Waals surface area contributed by atoms with Crippen LogP contribution in [0.4, 0.5) is 0 Å². The van der Waals surface area contributed by atoms with Crippen LogP contribution < -0.4 is 0 Å². The molecule has 0 bridgehead atoms. The number of hydrogen-bond acceptors (Lipinski definition) is 5. The van der Waals surface area contributed by atoms with Crippen LogP contribution in [0.25, 0.3) is 0 Å². The quantitative estimate of drug-likeness (QED) is 0.0890. The first-order valence-electron chi connectivity index (χ1n) is 17.0. The summed E-state index contributed by atoms with van der Waals surface area (Å²) in [7, 11) is -0.719. The lowest BCUT2D eigenvalue weighted by Crippen LogP contribution is -2.56. The second-order valence-electron chi connectivity index (χ2n) is 15.5. The molecule has 9 atom stereocenters. The molecule has 7 nitrogen and oxygen atoms in total. The highest BCUT2D eigenvalue weighted by molar-refractivity contribution is 7.53. The van der Waals surface area contributed by atoms with Gasteiger partial charge in [-0.1, -0.05) is 72.5 Å². The minimum atomic E-state index is -3.42. The van der Waals surface area contributed by atoms with Gasteiger partial charge in [0, 0.05) is 6.42 Å². The van der Waals surface area contributed by atoms with Crippen molar-refractivity contribution in [3.63, 3.8) is 0 Å². The molecule has 8 heteroatoms. The van der Waals surface area contributed by atoms with Gasteiger partial charge in [-0.25, -0.2) is 4.57 Å². The van der Waals surface area contributed by atoms with E-state index >= 15 is 0 Å². The molecule has 246 valence electrons. The lowest BCUT2D eigenvalue weighted by molar-refractivity contribution is -0.153. The molecule has 4 aliphatic rings. The Morgan fingerprint density at radius 1 is 1.07 bits per heavy atom. The van der Waals surface area contributed by atoms with Gasteiger partial charge in [0.25, 0.3) is 0 Å². The van der Waals surface area contributed by atoms with Crippen molar-refractivity contribution in [1.29, 1.82) is 0 Å². The number of ether oxygens (including phenoxy) is 2.